The standard InChI is InChI=1S/C18H20N4O2/c1-2-16(22-10-13-5-3-4-6-15(13)17(22)23)18(24)20-7-8-21-12-19-9-14(21)11-20/h3-6,9,12,16H,2,7-8,10-11H2,1H3/t16-/m0/s1. The minimum Gasteiger partial charge on any atom is -0.333 e. The van der Waals surface area contributed by atoms with Gasteiger partial charge in [-0.3, -0.25) is 9.59 Å². The monoisotopic (exact) mass is 324 g/mol. The van der Waals surface area contributed by atoms with Gasteiger partial charge in [-0.1, -0.05) is 25.1 Å². The molecule has 0 fully saturated rings. The molecule has 2 aromatic rings. The molecule has 0 aliphatic carbocycles. The number of hydrogen-bond donors (Lipinski definition) is 0. The first kappa shape index (κ1) is 14.9. The van der Waals surface area contributed by atoms with Crippen molar-refractivity contribution in [1.29, 1.82) is 0 Å². The fourth-order valence-corrected chi connectivity index (χ4v) is 3.64. The van der Waals surface area contributed by atoms with Crippen molar-refractivity contribution in [3.05, 3.63) is 53.6 Å². The molecule has 6 heteroatoms. The van der Waals surface area contributed by atoms with Gasteiger partial charge in [-0.2, -0.15) is 0 Å². The van der Waals surface area contributed by atoms with E-state index in [1.54, 1.807) is 17.4 Å². The van der Waals surface area contributed by atoms with Gasteiger partial charge in [0, 0.05) is 31.4 Å². The Morgan fingerprint density at radius 3 is 2.88 bits per heavy atom. The second-order valence-electron chi connectivity index (χ2n) is 6.35. The summed E-state index contributed by atoms with van der Waals surface area (Å²) in [7, 11) is 0. The minimum absolute atomic E-state index is 0.0334. The zero-order valence-corrected chi connectivity index (χ0v) is 13.7. The summed E-state index contributed by atoms with van der Waals surface area (Å²) in [5.74, 6) is -0.000965. The second-order valence-corrected chi connectivity index (χ2v) is 6.35. The van der Waals surface area contributed by atoms with E-state index in [1.165, 1.54) is 0 Å². The van der Waals surface area contributed by atoms with E-state index in [4.69, 9.17) is 0 Å². The number of carbonyl (C=O) groups excluding carboxylic acids is 2. The summed E-state index contributed by atoms with van der Waals surface area (Å²) in [6, 6.07) is 7.20. The van der Waals surface area contributed by atoms with Gasteiger partial charge < -0.3 is 14.4 Å². The van der Waals surface area contributed by atoms with Crippen LogP contribution >= 0.6 is 0 Å². The third kappa shape index (κ3) is 2.29. The molecule has 1 aromatic heterocycles. The van der Waals surface area contributed by atoms with Crippen molar-refractivity contribution in [2.45, 2.75) is 39.0 Å². The van der Waals surface area contributed by atoms with E-state index in [1.807, 2.05) is 36.1 Å². The number of hydrogen-bond acceptors (Lipinski definition) is 3. The van der Waals surface area contributed by atoms with Crippen LogP contribution in [-0.2, 0) is 24.4 Å². The largest absolute Gasteiger partial charge is 0.333 e. The molecule has 0 saturated heterocycles. The highest BCUT2D eigenvalue weighted by Gasteiger charge is 2.37. The molecule has 1 aromatic carbocycles. The molecule has 4 rings (SSSR count). The van der Waals surface area contributed by atoms with Crippen LogP contribution in [0.5, 0.6) is 0 Å². The van der Waals surface area contributed by atoms with Crippen LogP contribution in [0.3, 0.4) is 0 Å². The van der Waals surface area contributed by atoms with Crippen LogP contribution < -0.4 is 0 Å². The lowest BCUT2D eigenvalue weighted by atomic mass is 10.1. The zero-order chi connectivity index (χ0) is 16.7. The molecule has 124 valence electrons. The Morgan fingerprint density at radius 2 is 2.08 bits per heavy atom. The highest BCUT2D eigenvalue weighted by atomic mass is 16.2. The number of rotatable bonds is 3. The lowest BCUT2D eigenvalue weighted by Crippen LogP contribution is -2.50. The van der Waals surface area contributed by atoms with Crippen LogP contribution in [0.25, 0.3) is 0 Å². The lowest BCUT2D eigenvalue weighted by Gasteiger charge is -2.34. The second kappa shape index (κ2) is 5.78. The van der Waals surface area contributed by atoms with Gasteiger partial charge in [0.25, 0.3) is 5.91 Å². The normalized spacial score (nSPS) is 17.6. The predicted octanol–water partition coefficient (Wildman–Crippen LogP) is 1.66. The van der Waals surface area contributed by atoms with Crippen molar-refractivity contribution >= 4 is 11.8 Å². The molecule has 0 unspecified atom stereocenters. The fraction of sp³-hybridized carbons (Fsp3) is 0.389. The van der Waals surface area contributed by atoms with E-state index in [-0.39, 0.29) is 11.8 Å². The number of fused-ring (bicyclic) bond motifs is 2. The molecule has 24 heavy (non-hydrogen) atoms. The van der Waals surface area contributed by atoms with Gasteiger partial charge in [0.05, 0.1) is 18.6 Å². The Hall–Kier alpha value is -2.63. The summed E-state index contributed by atoms with van der Waals surface area (Å²) >= 11 is 0. The van der Waals surface area contributed by atoms with Crippen molar-refractivity contribution in [3.63, 3.8) is 0 Å². The maximum absolute atomic E-state index is 13.0. The smallest absolute Gasteiger partial charge is 0.255 e. The molecule has 0 radical (unpaired) electrons. The van der Waals surface area contributed by atoms with E-state index in [0.717, 1.165) is 23.4 Å². The van der Waals surface area contributed by atoms with Crippen LogP contribution in [0.4, 0.5) is 0 Å². The number of benzene rings is 1. The molecule has 2 amide bonds. The first-order chi connectivity index (χ1) is 11.7. The van der Waals surface area contributed by atoms with Gasteiger partial charge in [-0.05, 0) is 18.1 Å². The van der Waals surface area contributed by atoms with E-state index in [9.17, 15) is 9.59 Å². The molecule has 2 aliphatic heterocycles. The van der Waals surface area contributed by atoms with E-state index in [2.05, 4.69) is 9.55 Å². The predicted molar refractivity (Wildman–Crippen MR) is 88.0 cm³/mol. The molecule has 0 spiro atoms. The molecule has 6 nitrogen and oxygen atoms in total. The number of nitrogens with zero attached hydrogens (tertiary/aromatic N) is 4. The van der Waals surface area contributed by atoms with Crippen LogP contribution in [0.1, 0.15) is 35.0 Å². The van der Waals surface area contributed by atoms with E-state index < -0.39 is 6.04 Å². The van der Waals surface area contributed by atoms with Gasteiger partial charge >= 0.3 is 0 Å². The number of aromatic nitrogens is 2. The Kier molecular flexibility index (Phi) is 3.59. The van der Waals surface area contributed by atoms with Crippen LogP contribution in [0, 0.1) is 0 Å². The van der Waals surface area contributed by atoms with Crippen LogP contribution in [0.15, 0.2) is 36.8 Å². The fourth-order valence-electron chi connectivity index (χ4n) is 3.64. The average Bonchev–Trinajstić information content (AvgIpc) is 3.20. The number of imidazole rings is 1. The molecule has 0 bridgehead atoms. The van der Waals surface area contributed by atoms with Gasteiger partial charge in [-0.15, -0.1) is 0 Å². The molecule has 1 atom stereocenters. The third-order valence-corrected chi connectivity index (χ3v) is 4.97. The van der Waals surface area contributed by atoms with E-state index >= 15 is 0 Å². The highest BCUT2D eigenvalue weighted by molar-refractivity contribution is 6.01. The van der Waals surface area contributed by atoms with Crippen molar-refractivity contribution in [1.82, 2.24) is 19.4 Å². The van der Waals surface area contributed by atoms with E-state index in [0.29, 0.717) is 26.1 Å². The Labute approximate surface area is 140 Å². The van der Waals surface area contributed by atoms with Crippen LogP contribution in [-0.4, -0.2) is 43.8 Å². The number of carbonyl (C=O) groups is 2. The first-order valence-electron chi connectivity index (χ1n) is 8.35. The topological polar surface area (TPSA) is 58.4 Å². The highest BCUT2D eigenvalue weighted by Crippen LogP contribution is 2.26. The Bertz CT molecular complexity index is 798. The SMILES string of the molecule is CC[C@@H](C(=O)N1CCn2cncc2C1)N1Cc2ccccc2C1=O. The van der Waals surface area contributed by atoms with Crippen molar-refractivity contribution in [3.8, 4) is 0 Å². The van der Waals surface area contributed by atoms with Gasteiger partial charge in [0.15, 0.2) is 0 Å². The summed E-state index contributed by atoms with van der Waals surface area (Å²) in [6.45, 7) is 4.46. The van der Waals surface area contributed by atoms with Crippen molar-refractivity contribution in [2.75, 3.05) is 6.54 Å². The lowest BCUT2D eigenvalue weighted by molar-refractivity contribution is -0.137. The first-order valence-corrected chi connectivity index (χ1v) is 8.35. The molecular weight excluding hydrogens is 304 g/mol. The molecule has 0 saturated carbocycles. The molecular formula is C18H20N4O2. The average molecular weight is 324 g/mol. The van der Waals surface area contributed by atoms with Gasteiger partial charge in [-0.25, -0.2) is 4.98 Å². The summed E-state index contributed by atoms with van der Waals surface area (Å²) in [5, 5.41) is 0. The summed E-state index contributed by atoms with van der Waals surface area (Å²) in [6.07, 6.45) is 4.22. The summed E-state index contributed by atoms with van der Waals surface area (Å²) in [5.41, 5.74) is 2.77. The number of amides is 2. The summed E-state index contributed by atoms with van der Waals surface area (Å²) in [4.78, 5) is 33.4. The Morgan fingerprint density at radius 1 is 1.25 bits per heavy atom. The molecule has 3 heterocycles. The molecule has 2 aliphatic rings. The van der Waals surface area contributed by atoms with Crippen molar-refractivity contribution in [2.24, 2.45) is 0 Å². The zero-order valence-electron chi connectivity index (χ0n) is 13.7. The maximum Gasteiger partial charge on any atom is 0.255 e. The quantitative estimate of drug-likeness (QED) is 0.863. The maximum atomic E-state index is 13.0. The third-order valence-electron chi connectivity index (χ3n) is 4.97. The Balaban J connectivity index is 1.54. The summed E-state index contributed by atoms with van der Waals surface area (Å²) < 4.78 is 2.07. The molecule has 0 N–H and O–H groups in total. The van der Waals surface area contributed by atoms with Crippen LogP contribution in [0.2, 0.25) is 0 Å². The van der Waals surface area contributed by atoms with Crippen molar-refractivity contribution < 1.29 is 9.59 Å². The van der Waals surface area contributed by atoms with Gasteiger partial charge in [0.1, 0.15) is 6.04 Å². The minimum atomic E-state index is -0.403. The van der Waals surface area contributed by atoms with Gasteiger partial charge in [0.2, 0.25) is 5.91 Å².